The molecule has 0 spiro atoms. The smallest absolute Gasteiger partial charge is 0.305 e. The Morgan fingerprint density at radius 3 is 2.50 bits per heavy atom. The fraction of sp³-hybridized carbons (Fsp3) is 0.462. The molecule has 0 aromatic carbocycles. The SMILES string of the molecule is O=C(O)CC1(NC(=O)Cc2ccncc2)CCC1. The molecule has 1 aromatic heterocycles. The molecule has 96 valence electrons. The Hall–Kier alpha value is -1.91. The van der Waals surface area contributed by atoms with Gasteiger partial charge in [-0.1, -0.05) is 0 Å². The number of carboxylic acids is 1. The fourth-order valence-electron chi connectivity index (χ4n) is 2.26. The summed E-state index contributed by atoms with van der Waals surface area (Å²) in [7, 11) is 0. The van der Waals surface area contributed by atoms with E-state index in [2.05, 4.69) is 10.3 Å². The normalized spacial score (nSPS) is 16.7. The predicted octanol–water partition coefficient (Wildman–Crippen LogP) is 1.14. The first-order valence-electron chi connectivity index (χ1n) is 6.01. The van der Waals surface area contributed by atoms with Crippen LogP contribution in [0, 0.1) is 0 Å². The Morgan fingerprint density at radius 1 is 1.33 bits per heavy atom. The van der Waals surface area contributed by atoms with Gasteiger partial charge in [-0.25, -0.2) is 0 Å². The van der Waals surface area contributed by atoms with E-state index in [0.717, 1.165) is 24.8 Å². The van der Waals surface area contributed by atoms with Gasteiger partial charge in [-0.05, 0) is 37.0 Å². The molecular weight excluding hydrogens is 232 g/mol. The number of nitrogens with one attached hydrogen (secondary N) is 1. The van der Waals surface area contributed by atoms with Gasteiger partial charge in [0.25, 0.3) is 0 Å². The first-order valence-corrected chi connectivity index (χ1v) is 6.01. The molecule has 5 nitrogen and oxygen atoms in total. The number of amides is 1. The fourth-order valence-corrected chi connectivity index (χ4v) is 2.26. The Balaban J connectivity index is 1.92. The van der Waals surface area contributed by atoms with E-state index in [4.69, 9.17) is 5.11 Å². The summed E-state index contributed by atoms with van der Waals surface area (Å²) in [5, 5.41) is 11.7. The lowest BCUT2D eigenvalue weighted by Crippen LogP contribution is -2.55. The van der Waals surface area contributed by atoms with Crippen LogP contribution in [0.3, 0.4) is 0 Å². The molecule has 0 bridgehead atoms. The highest BCUT2D eigenvalue weighted by Crippen LogP contribution is 2.34. The van der Waals surface area contributed by atoms with E-state index in [1.807, 2.05) is 0 Å². The predicted molar refractivity (Wildman–Crippen MR) is 64.9 cm³/mol. The van der Waals surface area contributed by atoms with Gasteiger partial charge in [-0.15, -0.1) is 0 Å². The van der Waals surface area contributed by atoms with Crippen molar-refractivity contribution in [3.05, 3.63) is 30.1 Å². The molecule has 1 saturated carbocycles. The molecule has 1 aromatic rings. The van der Waals surface area contributed by atoms with Crippen molar-refractivity contribution in [2.24, 2.45) is 0 Å². The van der Waals surface area contributed by atoms with Crippen molar-refractivity contribution in [3.63, 3.8) is 0 Å². The highest BCUT2D eigenvalue weighted by molar-refractivity contribution is 5.80. The summed E-state index contributed by atoms with van der Waals surface area (Å²) in [5.41, 5.74) is 0.364. The van der Waals surface area contributed by atoms with Crippen LogP contribution in [0.15, 0.2) is 24.5 Å². The van der Waals surface area contributed by atoms with Crippen LogP contribution in [-0.2, 0) is 16.0 Å². The average Bonchev–Trinajstić information content (AvgIpc) is 2.26. The molecular formula is C13H16N2O3. The summed E-state index contributed by atoms with van der Waals surface area (Å²) in [4.78, 5) is 26.6. The van der Waals surface area contributed by atoms with Crippen LogP contribution < -0.4 is 5.32 Å². The molecule has 0 atom stereocenters. The highest BCUT2D eigenvalue weighted by Gasteiger charge is 2.40. The van der Waals surface area contributed by atoms with Crippen LogP contribution in [0.2, 0.25) is 0 Å². The lowest BCUT2D eigenvalue weighted by atomic mass is 9.74. The summed E-state index contributed by atoms with van der Waals surface area (Å²) >= 11 is 0. The van der Waals surface area contributed by atoms with Gasteiger partial charge in [0, 0.05) is 12.4 Å². The van der Waals surface area contributed by atoms with E-state index in [-0.39, 0.29) is 18.7 Å². The summed E-state index contributed by atoms with van der Waals surface area (Å²) in [6, 6.07) is 3.56. The minimum Gasteiger partial charge on any atom is -0.481 e. The van der Waals surface area contributed by atoms with Crippen molar-refractivity contribution in [2.45, 2.75) is 37.6 Å². The number of nitrogens with zero attached hydrogens (tertiary/aromatic N) is 1. The highest BCUT2D eigenvalue weighted by atomic mass is 16.4. The van der Waals surface area contributed by atoms with E-state index in [1.54, 1.807) is 24.5 Å². The molecule has 2 rings (SSSR count). The first kappa shape index (κ1) is 12.5. The topological polar surface area (TPSA) is 79.3 Å². The maximum atomic E-state index is 11.9. The van der Waals surface area contributed by atoms with Gasteiger partial charge in [0.15, 0.2) is 0 Å². The van der Waals surface area contributed by atoms with E-state index >= 15 is 0 Å². The second kappa shape index (κ2) is 5.16. The molecule has 5 heteroatoms. The zero-order chi connectivity index (χ0) is 13.0. The number of hydrogen-bond donors (Lipinski definition) is 2. The van der Waals surface area contributed by atoms with Crippen LogP contribution in [0.25, 0.3) is 0 Å². The van der Waals surface area contributed by atoms with Crippen molar-refractivity contribution in [2.75, 3.05) is 0 Å². The number of hydrogen-bond acceptors (Lipinski definition) is 3. The van der Waals surface area contributed by atoms with Crippen molar-refractivity contribution in [1.29, 1.82) is 0 Å². The zero-order valence-corrected chi connectivity index (χ0v) is 10.1. The third-order valence-electron chi connectivity index (χ3n) is 3.32. The average molecular weight is 248 g/mol. The Labute approximate surface area is 105 Å². The van der Waals surface area contributed by atoms with Crippen molar-refractivity contribution >= 4 is 11.9 Å². The standard InChI is InChI=1S/C13H16N2O3/c16-11(8-10-2-6-14-7-3-10)15-13(4-1-5-13)9-12(17)18/h2-3,6-7H,1,4-5,8-9H2,(H,15,16)(H,17,18). The number of carbonyl (C=O) groups excluding carboxylic acids is 1. The molecule has 0 aliphatic heterocycles. The Morgan fingerprint density at radius 2 is 2.00 bits per heavy atom. The minimum atomic E-state index is -0.862. The number of aliphatic carboxylic acids is 1. The molecule has 0 saturated heterocycles. The van der Waals surface area contributed by atoms with Gasteiger partial charge < -0.3 is 10.4 Å². The molecule has 0 radical (unpaired) electrons. The quantitative estimate of drug-likeness (QED) is 0.819. The largest absolute Gasteiger partial charge is 0.481 e. The number of carboxylic acid groups (broad SMARTS) is 1. The molecule has 1 amide bonds. The molecule has 1 aliphatic carbocycles. The summed E-state index contributed by atoms with van der Waals surface area (Å²) in [5.74, 6) is -0.985. The number of aromatic nitrogens is 1. The van der Waals surface area contributed by atoms with Crippen molar-refractivity contribution in [3.8, 4) is 0 Å². The van der Waals surface area contributed by atoms with E-state index in [1.165, 1.54) is 0 Å². The molecule has 0 unspecified atom stereocenters. The lowest BCUT2D eigenvalue weighted by Gasteiger charge is -2.41. The lowest BCUT2D eigenvalue weighted by molar-refractivity contribution is -0.140. The Kier molecular flexibility index (Phi) is 3.60. The minimum absolute atomic E-state index is 0.00901. The van der Waals surface area contributed by atoms with Gasteiger partial charge >= 0.3 is 5.97 Å². The molecule has 18 heavy (non-hydrogen) atoms. The second-order valence-corrected chi connectivity index (χ2v) is 4.78. The maximum absolute atomic E-state index is 11.9. The molecule has 1 heterocycles. The maximum Gasteiger partial charge on any atom is 0.305 e. The van der Waals surface area contributed by atoms with Crippen LogP contribution in [0.5, 0.6) is 0 Å². The van der Waals surface area contributed by atoms with Gasteiger partial charge in [0.2, 0.25) is 5.91 Å². The Bertz CT molecular complexity index is 441. The molecule has 2 N–H and O–H groups in total. The monoisotopic (exact) mass is 248 g/mol. The van der Waals surface area contributed by atoms with E-state index in [9.17, 15) is 9.59 Å². The number of pyridine rings is 1. The van der Waals surface area contributed by atoms with Crippen LogP contribution >= 0.6 is 0 Å². The van der Waals surface area contributed by atoms with Crippen LogP contribution in [0.1, 0.15) is 31.2 Å². The summed E-state index contributed by atoms with van der Waals surface area (Å²) < 4.78 is 0. The van der Waals surface area contributed by atoms with Crippen LogP contribution in [0.4, 0.5) is 0 Å². The number of rotatable bonds is 5. The third kappa shape index (κ3) is 3.06. The zero-order valence-electron chi connectivity index (χ0n) is 10.1. The summed E-state index contributed by atoms with van der Waals surface area (Å²) in [6.45, 7) is 0. The van der Waals surface area contributed by atoms with Gasteiger partial charge in [0.05, 0.1) is 18.4 Å². The molecule has 1 aliphatic rings. The molecule has 1 fully saturated rings. The number of carbonyl (C=O) groups is 2. The van der Waals surface area contributed by atoms with Crippen molar-refractivity contribution < 1.29 is 14.7 Å². The van der Waals surface area contributed by atoms with Gasteiger partial charge in [-0.2, -0.15) is 0 Å². The van der Waals surface area contributed by atoms with E-state index < -0.39 is 11.5 Å². The van der Waals surface area contributed by atoms with Gasteiger partial charge in [0.1, 0.15) is 0 Å². The third-order valence-corrected chi connectivity index (χ3v) is 3.32. The van der Waals surface area contributed by atoms with Gasteiger partial charge in [-0.3, -0.25) is 14.6 Å². The first-order chi connectivity index (χ1) is 8.60. The summed E-state index contributed by atoms with van der Waals surface area (Å²) in [6.07, 6.45) is 6.03. The van der Waals surface area contributed by atoms with Crippen LogP contribution in [-0.4, -0.2) is 27.5 Å². The van der Waals surface area contributed by atoms with E-state index in [0.29, 0.717) is 0 Å². The van der Waals surface area contributed by atoms with Crippen molar-refractivity contribution in [1.82, 2.24) is 10.3 Å². The second-order valence-electron chi connectivity index (χ2n) is 4.78.